The summed E-state index contributed by atoms with van der Waals surface area (Å²) in [4.78, 5) is 21.8. The topological polar surface area (TPSA) is 109 Å². The molecule has 1 aliphatic carbocycles. The number of ether oxygens (including phenoxy) is 1. The molecule has 3 N–H and O–H groups in total. The highest BCUT2D eigenvalue weighted by molar-refractivity contribution is 7.99. The summed E-state index contributed by atoms with van der Waals surface area (Å²) in [6.45, 7) is 0.0265. The lowest BCUT2D eigenvalue weighted by Gasteiger charge is -2.09. The summed E-state index contributed by atoms with van der Waals surface area (Å²) in [6, 6.07) is 11.6. The Balaban J connectivity index is 1.34. The molecular formula is C21H21N7O2S. The number of hydrogen-bond acceptors (Lipinski definition) is 7. The van der Waals surface area contributed by atoms with Gasteiger partial charge in [-0.1, -0.05) is 11.8 Å². The van der Waals surface area contributed by atoms with Crippen molar-refractivity contribution in [3.05, 3.63) is 54.5 Å². The van der Waals surface area contributed by atoms with Crippen LogP contribution in [0.15, 0.2) is 58.7 Å². The Hall–Kier alpha value is -3.37. The van der Waals surface area contributed by atoms with Crippen LogP contribution in [-0.4, -0.2) is 44.2 Å². The van der Waals surface area contributed by atoms with Crippen LogP contribution in [0.2, 0.25) is 0 Å². The fourth-order valence-corrected chi connectivity index (χ4v) is 4.03. The smallest absolute Gasteiger partial charge is 0.250 e. The summed E-state index contributed by atoms with van der Waals surface area (Å²) < 4.78 is 6.72. The molecule has 0 saturated heterocycles. The van der Waals surface area contributed by atoms with E-state index in [9.17, 15) is 4.79 Å². The number of nitrogens with zero attached hydrogens (tertiary/aromatic N) is 4. The van der Waals surface area contributed by atoms with Crippen molar-refractivity contribution in [2.75, 3.05) is 24.4 Å². The summed E-state index contributed by atoms with van der Waals surface area (Å²) in [5.74, 6) is 1.80. The lowest BCUT2D eigenvalue weighted by Crippen LogP contribution is -2.16. The van der Waals surface area contributed by atoms with E-state index in [0.717, 1.165) is 32.8 Å². The fourth-order valence-electron chi connectivity index (χ4n) is 3.22. The SMILES string of the molecule is COCC(=O)Nc1ccc(Sc2cc3nccn3c(Nc3cc(C4CC4)[nH]n3)n2)cc1. The molecule has 1 aromatic carbocycles. The third-order valence-electron chi connectivity index (χ3n) is 4.86. The predicted octanol–water partition coefficient (Wildman–Crippen LogP) is 3.81. The number of methoxy groups -OCH3 is 1. The summed E-state index contributed by atoms with van der Waals surface area (Å²) in [5, 5.41) is 14.4. The Bertz CT molecular complexity index is 1210. The molecule has 10 heteroatoms. The monoisotopic (exact) mass is 435 g/mol. The van der Waals surface area contributed by atoms with Crippen molar-refractivity contribution in [1.82, 2.24) is 24.6 Å². The number of amides is 1. The largest absolute Gasteiger partial charge is 0.375 e. The molecule has 3 heterocycles. The Morgan fingerprint density at radius 3 is 2.90 bits per heavy atom. The van der Waals surface area contributed by atoms with Crippen LogP contribution in [0.5, 0.6) is 0 Å². The second-order valence-corrected chi connectivity index (χ2v) is 8.38. The molecule has 0 atom stereocenters. The number of carbonyl (C=O) groups is 1. The minimum absolute atomic E-state index is 0.0265. The van der Waals surface area contributed by atoms with E-state index in [-0.39, 0.29) is 12.5 Å². The molecule has 1 saturated carbocycles. The second kappa shape index (κ2) is 8.40. The lowest BCUT2D eigenvalue weighted by atomic mass is 10.3. The first-order chi connectivity index (χ1) is 15.2. The minimum Gasteiger partial charge on any atom is -0.375 e. The number of aromatic amines is 1. The van der Waals surface area contributed by atoms with Crippen LogP contribution < -0.4 is 10.6 Å². The molecule has 5 rings (SSSR count). The number of rotatable bonds is 8. The molecule has 0 unspecified atom stereocenters. The Morgan fingerprint density at radius 2 is 2.13 bits per heavy atom. The molecule has 158 valence electrons. The summed E-state index contributed by atoms with van der Waals surface area (Å²) in [6.07, 6.45) is 6.04. The van der Waals surface area contributed by atoms with Gasteiger partial charge in [0.15, 0.2) is 5.82 Å². The Labute approximate surface area is 182 Å². The first kappa shape index (κ1) is 19.6. The van der Waals surface area contributed by atoms with Crippen LogP contribution in [0.25, 0.3) is 5.65 Å². The van der Waals surface area contributed by atoms with Gasteiger partial charge in [0.05, 0.1) is 0 Å². The van der Waals surface area contributed by atoms with Gasteiger partial charge < -0.3 is 15.4 Å². The third kappa shape index (κ3) is 4.54. The van der Waals surface area contributed by atoms with Crippen molar-refractivity contribution in [3.63, 3.8) is 0 Å². The van der Waals surface area contributed by atoms with Crippen LogP contribution >= 0.6 is 11.8 Å². The summed E-state index contributed by atoms with van der Waals surface area (Å²) >= 11 is 1.52. The quantitative estimate of drug-likeness (QED) is 0.361. The first-order valence-electron chi connectivity index (χ1n) is 9.91. The average Bonchev–Trinajstić information content (AvgIpc) is 3.31. The van der Waals surface area contributed by atoms with Gasteiger partial charge in [-0.25, -0.2) is 9.97 Å². The van der Waals surface area contributed by atoms with Gasteiger partial charge >= 0.3 is 0 Å². The van der Waals surface area contributed by atoms with Crippen molar-refractivity contribution < 1.29 is 9.53 Å². The highest BCUT2D eigenvalue weighted by atomic mass is 32.2. The van der Waals surface area contributed by atoms with E-state index in [4.69, 9.17) is 9.72 Å². The number of nitrogens with one attached hydrogen (secondary N) is 3. The van der Waals surface area contributed by atoms with Gasteiger partial charge in [-0.05, 0) is 37.1 Å². The number of aromatic nitrogens is 5. The predicted molar refractivity (Wildman–Crippen MR) is 118 cm³/mol. The van der Waals surface area contributed by atoms with E-state index in [1.807, 2.05) is 47.0 Å². The van der Waals surface area contributed by atoms with Crippen molar-refractivity contribution in [1.29, 1.82) is 0 Å². The number of anilines is 3. The molecular weight excluding hydrogens is 414 g/mol. The van der Waals surface area contributed by atoms with Gasteiger partial charge in [0.25, 0.3) is 0 Å². The van der Waals surface area contributed by atoms with Crippen molar-refractivity contribution in [3.8, 4) is 0 Å². The van der Waals surface area contributed by atoms with Gasteiger partial charge in [0.2, 0.25) is 11.9 Å². The number of fused-ring (bicyclic) bond motifs is 1. The Morgan fingerprint density at radius 1 is 1.29 bits per heavy atom. The number of benzene rings is 1. The fraction of sp³-hybridized carbons (Fsp3) is 0.238. The molecule has 1 amide bonds. The standard InChI is InChI=1S/C21H21N7O2S/c1-30-12-19(29)23-14-4-6-15(7-5-14)31-20-11-18-22-8-9-28(18)21(25-20)24-17-10-16(26-27-17)13-2-3-13/h4-11,13H,2-3,12H2,1H3,(H,23,29)(H2,24,25,26,27). The van der Waals surface area contributed by atoms with Gasteiger partial charge in [0.1, 0.15) is 17.3 Å². The Kier molecular flexibility index (Phi) is 5.31. The molecule has 1 aliphatic rings. The van der Waals surface area contributed by atoms with Gasteiger partial charge in [-0.15, -0.1) is 0 Å². The molecule has 31 heavy (non-hydrogen) atoms. The van der Waals surface area contributed by atoms with Crippen LogP contribution in [0.3, 0.4) is 0 Å². The number of imidazole rings is 1. The molecule has 4 aromatic rings. The maximum Gasteiger partial charge on any atom is 0.250 e. The molecule has 0 radical (unpaired) electrons. The van der Waals surface area contributed by atoms with Gasteiger partial charge in [-0.2, -0.15) is 5.10 Å². The van der Waals surface area contributed by atoms with Crippen LogP contribution in [0, 0.1) is 0 Å². The van der Waals surface area contributed by atoms with E-state index in [1.54, 1.807) is 6.20 Å². The average molecular weight is 436 g/mol. The van der Waals surface area contributed by atoms with Gasteiger partial charge in [0, 0.05) is 53.8 Å². The molecule has 0 bridgehead atoms. The van der Waals surface area contributed by atoms with E-state index < -0.39 is 0 Å². The zero-order valence-electron chi connectivity index (χ0n) is 16.8. The summed E-state index contributed by atoms with van der Waals surface area (Å²) in [7, 11) is 1.49. The van der Waals surface area contributed by atoms with E-state index in [0.29, 0.717) is 11.9 Å². The van der Waals surface area contributed by atoms with E-state index >= 15 is 0 Å². The third-order valence-corrected chi connectivity index (χ3v) is 5.78. The minimum atomic E-state index is -0.187. The van der Waals surface area contributed by atoms with E-state index in [2.05, 4.69) is 25.8 Å². The van der Waals surface area contributed by atoms with E-state index in [1.165, 1.54) is 31.7 Å². The van der Waals surface area contributed by atoms with Crippen LogP contribution in [-0.2, 0) is 9.53 Å². The molecule has 3 aromatic heterocycles. The molecule has 1 fully saturated rings. The van der Waals surface area contributed by atoms with Crippen molar-refractivity contribution in [2.24, 2.45) is 0 Å². The van der Waals surface area contributed by atoms with Crippen molar-refractivity contribution in [2.45, 2.75) is 28.7 Å². The van der Waals surface area contributed by atoms with Crippen molar-refractivity contribution >= 4 is 40.8 Å². The second-order valence-electron chi connectivity index (χ2n) is 7.29. The molecule has 0 aliphatic heterocycles. The van der Waals surface area contributed by atoms with Crippen LogP contribution in [0.4, 0.5) is 17.5 Å². The summed E-state index contributed by atoms with van der Waals surface area (Å²) in [5.41, 5.74) is 2.67. The first-order valence-corrected chi connectivity index (χ1v) is 10.7. The maximum atomic E-state index is 11.6. The zero-order chi connectivity index (χ0) is 21.2. The van der Waals surface area contributed by atoms with Crippen LogP contribution in [0.1, 0.15) is 24.5 Å². The lowest BCUT2D eigenvalue weighted by molar-refractivity contribution is -0.119. The zero-order valence-corrected chi connectivity index (χ0v) is 17.6. The molecule has 0 spiro atoms. The number of H-pyrrole nitrogens is 1. The highest BCUT2D eigenvalue weighted by Crippen LogP contribution is 2.39. The normalized spacial score (nSPS) is 13.5. The highest BCUT2D eigenvalue weighted by Gasteiger charge is 2.25. The number of carbonyl (C=O) groups excluding carboxylic acids is 1. The maximum absolute atomic E-state index is 11.6. The number of hydrogen-bond donors (Lipinski definition) is 3. The van der Waals surface area contributed by atoms with Gasteiger partial charge in [-0.3, -0.25) is 14.3 Å². The molecule has 9 nitrogen and oxygen atoms in total.